The van der Waals surface area contributed by atoms with Crippen LogP contribution in [0, 0.1) is 5.92 Å². The third-order valence-corrected chi connectivity index (χ3v) is 9.30. The maximum absolute atomic E-state index is 13.7. The normalized spacial score (nSPS) is 22.0. The number of carbonyl (C=O) groups is 5. The van der Waals surface area contributed by atoms with E-state index in [1.165, 1.54) is 37.6 Å². The highest BCUT2D eigenvalue weighted by molar-refractivity contribution is 6.00. The summed E-state index contributed by atoms with van der Waals surface area (Å²) in [6.07, 6.45) is 6.37. The number of likely N-dealkylation sites (tertiary alicyclic amines) is 1. The molecule has 3 atom stereocenters. The zero-order chi connectivity index (χ0) is 36.6. The van der Waals surface area contributed by atoms with E-state index in [4.69, 9.17) is 4.74 Å². The number of nitrogens with zero attached hydrogens (tertiary/aromatic N) is 2. The first kappa shape index (κ1) is 39.3. The monoisotopic (exact) mass is 704 g/mol. The van der Waals surface area contributed by atoms with Crippen molar-refractivity contribution in [3.63, 3.8) is 0 Å². The second-order valence-corrected chi connectivity index (χ2v) is 14.2. The minimum absolute atomic E-state index is 0.0134. The van der Waals surface area contributed by atoms with Gasteiger partial charge in [0.25, 0.3) is 5.91 Å². The number of amides is 5. The second kappa shape index (κ2) is 20.4. The summed E-state index contributed by atoms with van der Waals surface area (Å²) in [4.78, 5) is 71.3. The van der Waals surface area contributed by atoms with Gasteiger partial charge < -0.3 is 35.8 Å². The Kier molecular flexibility index (Phi) is 15.7. The summed E-state index contributed by atoms with van der Waals surface area (Å²) < 4.78 is 6.13. The van der Waals surface area contributed by atoms with E-state index in [0.717, 1.165) is 31.6 Å². The van der Waals surface area contributed by atoms with Crippen molar-refractivity contribution < 1.29 is 28.7 Å². The van der Waals surface area contributed by atoms with Crippen LogP contribution < -0.4 is 26.0 Å². The Hall–Kier alpha value is -4.45. The van der Waals surface area contributed by atoms with E-state index in [0.29, 0.717) is 18.7 Å². The quantitative estimate of drug-likeness (QED) is 0.294. The van der Waals surface area contributed by atoms with Crippen LogP contribution in [0.4, 0.5) is 0 Å². The number of fused-ring (bicyclic) bond motifs is 1. The molecule has 0 bridgehead atoms. The zero-order valence-corrected chi connectivity index (χ0v) is 30.5. The fourth-order valence-electron chi connectivity index (χ4n) is 6.63. The molecule has 0 spiro atoms. The van der Waals surface area contributed by atoms with Crippen molar-refractivity contribution in [3.05, 3.63) is 65.7 Å². The van der Waals surface area contributed by atoms with Gasteiger partial charge in [0.15, 0.2) is 0 Å². The molecule has 0 aromatic heterocycles. The summed E-state index contributed by atoms with van der Waals surface area (Å²) in [6, 6.07) is 13.7. The van der Waals surface area contributed by atoms with Gasteiger partial charge in [-0.3, -0.25) is 24.0 Å². The molecule has 12 heteroatoms. The minimum Gasteiger partial charge on any atom is -0.491 e. The predicted octanol–water partition coefficient (Wildman–Crippen LogP) is 3.06. The number of nitrogens with one attached hydrogen (secondary N) is 4. The molecule has 0 aliphatic carbocycles. The molecule has 12 nitrogen and oxygen atoms in total. The van der Waals surface area contributed by atoms with Crippen LogP contribution in [0.5, 0.6) is 5.75 Å². The summed E-state index contributed by atoms with van der Waals surface area (Å²) in [6.45, 7) is 7.41. The summed E-state index contributed by atoms with van der Waals surface area (Å²) in [7, 11) is 1.54. The highest BCUT2D eigenvalue weighted by Crippen LogP contribution is 2.20. The van der Waals surface area contributed by atoms with Crippen molar-refractivity contribution >= 4 is 29.5 Å². The molecule has 4 N–H and O–H groups in total. The number of hydrogen-bond acceptors (Lipinski definition) is 7. The number of likely N-dealkylation sites (N-methyl/N-ethyl adjacent to an activating group) is 1. The fraction of sp³-hybridized carbons (Fsp3) is 0.564. The first-order valence-electron chi connectivity index (χ1n) is 18.5. The largest absolute Gasteiger partial charge is 0.491 e. The molecule has 0 saturated carbocycles. The van der Waals surface area contributed by atoms with Crippen LogP contribution in [-0.2, 0) is 25.6 Å². The Bertz CT molecular complexity index is 1440. The van der Waals surface area contributed by atoms with E-state index in [2.05, 4.69) is 26.2 Å². The highest BCUT2D eigenvalue weighted by Gasteiger charge is 2.29. The Morgan fingerprint density at radius 3 is 2.33 bits per heavy atom. The number of rotatable bonds is 9. The molecule has 0 radical (unpaired) electrons. The molecule has 2 heterocycles. The molecule has 51 heavy (non-hydrogen) atoms. The fourth-order valence-corrected chi connectivity index (χ4v) is 6.63. The topological polar surface area (TPSA) is 149 Å². The molecule has 2 aliphatic heterocycles. The lowest BCUT2D eigenvalue weighted by atomic mass is 10.0. The van der Waals surface area contributed by atoms with Gasteiger partial charge in [-0.15, -0.1) is 0 Å². The summed E-state index contributed by atoms with van der Waals surface area (Å²) in [5.41, 5.74) is 1.08. The predicted molar refractivity (Wildman–Crippen MR) is 196 cm³/mol. The SMILES string of the molecule is CC(C)C[C@H]1COc2ccccc2C(=O)N[C@H](C(=O)NCCCN2CCCCCC2)CCC(=O)N[C@@H](Cc2ccccc2)C(=O)N(C)CC(=O)N1. The van der Waals surface area contributed by atoms with Crippen LogP contribution in [-0.4, -0.2) is 104 Å². The molecule has 2 aromatic carbocycles. The molecule has 2 aromatic rings. The van der Waals surface area contributed by atoms with Crippen LogP contribution in [0.15, 0.2) is 54.6 Å². The van der Waals surface area contributed by atoms with Gasteiger partial charge in [-0.2, -0.15) is 0 Å². The highest BCUT2D eigenvalue weighted by atomic mass is 16.5. The van der Waals surface area contributed by atoms with Crippen LogP contribution in [0.2, 0.25) is 0 Å². The van der Waals surface area contributed by atoms with E-state index in [-0.39, 0.29) is 55.7 Å². The van der Waals surface area contributed by atoms with Crippen molar-refractivity contribution in [2.75, 3.05) is 46.4 Å². The molecule has 1 saturated heterocycles. The number of benzene rings is 2. The maximum Gasteiger partial charge on any atom is 0.255 e. The van der Waals surface area contributed by atoms with Crippen LogP contribution in [0.3, 0.4) is 0 Å². The Labute approximate surface area is 302 Å². The molecule has 2 aliphatic rings. The van der Waals surface area contributed by atoms with Crippen LogP contribution in [0.1, 0.15) is 81.1 Å². The minimum atomic E-state index is -1.01. The van der Waals surface area contributed by atoms with Gasteiger partial charge in [-0.05, 0) is 75.4 Å². The average Bonchev–Trinajstić information content (AvgIpc) is 3.39. The van der Waals surface area contributed by atoms with Crippen molar-refractivity contribution in [2.24, 2.45) is 5.92 Å². The van der Waals surface area contributed by atoms with E-state index < -0.39 is 35.8 Å². The lowest BCUT2D eigenvalue weighted by Gasteiger charge is -2.27. The van der Waals surface area contributed by atoms with Gasteiger partial charge in [-0.25, -0.2) is 0 Å². The number of carbonyl (C=O) groups excluding carboxylic acids is 5. The van der Waals surface area contributed by atoms with Crippen molar-refractivity contribution in [1.82, 2.24) is 31.1 Å². The lowest BCUT2D eigenvalue weighted by Crippen LogP contribution is -2.52. The number of para-hydroxylation sites is 1. The van der Waals surface area contributed by atoms with Crippen molar-refractivity contribution in [3.8, 4) is 5.75 Å². The second-order valence-electron chi connectivity index (χ2n) is 14.2. The molecule has 278 valence electrons. The summed E-state index contributed by atoms with van der Waals surface area (Å²) >= 11 is 0. The summed E-state index contributed by atoms with van der Waals surface area (Å²) in [5, 5.41) is 11.7. The van der Waals surface area contributed by atoms with Crippen molar-refractivity contribution in [2.45, 2.75) is 89.8 Å². The standard InChI is InChI=1S/C39H56N6O6/c1-28(2)24-30-27-51-34-17-10-9-16-31(34)37(48)43-32(38(49)40-20-13-23-45-21-11-4-5-12-22-45)18-19-35(46)42-33(25-29-14-7-6-8-15-29)39(50)44(3)26-36(47)41-30/h6-10,14-17,28,30,32-33H,4-5,11-13,18-27H2,1-3H3,(H,40,49)(H,41,47)(H,42,46)(H,43,48)/t30-,32-,33-/m0/s1. The third kappa shape index (κ3) is 13.3. The number of ether oxygens (including phenoxy) is 1. The van der Waals surface area contributed by atoms with E-state index in [9.17, 15) is 24.0 Å². The van der Waals surface area contributed by atoms with Gasteiger partial charge in [0.1, 0.15) is 24.4 Å². The van der Waals surface area contributed by atoms with E-state index in [1.54, 1.807) is 24.3 Å². The Morgan fingerprint density at radius 1 is 0.902 bits per heavy atom. The van der Waals surface area contributed by atoms with Gasteiger partial charge in [0.2, 0.25) is 23.6 Å². The first-order chi connectivity index (χ1) is 24.6. The van der Waals surface area contributed by atoms with Crippen LogP contribution >= 0.6 is 0 Å². The van der Waals surface area contributed by atoms with E-state index >= 15 is 0 Å². The number of hydrogen-bond donors (Lipinski definition) is 4. The third-order valence-electron chi connectivity index (χ3n) is 9.30. The molecule has 0 unspecified atom stereocenters. The van der Waals surface area contributed by atoms with Gasteiger partial charge in [-0.1, -0.05) is 69.2 Å². The Balaban J connectivity index is 1.55. The smallest absolute Gasteiger partial charge is 0.255 e. The summed E-state index contributed by atoms with van der Waals surface area (Å²) in [5.74, 6) is -1.58. The zero-order valence-electron chi connectivity index (χ0n) is 30.5. The Morgan fingerprint density at radius 2 is 1.61 bits per heavy atom. The maximum atomic E-state index is 13.7. The molecular weight excluding hydrogens is 648 g/mol. The average molecular weight is 705 g/mol. The van der Waals surface area contributed by atoms with Gasteiger partial charge in [0.05, 0.1) is 18.2 Å². The molecule has 1 fully saturated rings. The van der Waals surface area contributed by atoms with Gasteiger partial charge in [0, 0.05) is 26.4 Å². The molecule has 5 amide bonds. The van der Waals surface area contributed by atoms with Gasteiger partial charge >= 0.3 is 0 Å². The molecular formula is C39H56N6O6. The van der Waals surface area contributed by atoms with Crippen molar-refractivity contribution in [1.29, 1.82) is 0 Å². The van der Waals surface area contributed by atoms with Crippen LogP contribution in [0.25, 0.3) is 0 Å². The lowest BCUT2D eigenvalue weighted by molar-refractivity contribution is -0.138. The first-order valence-corrected chi connectivity index (χ1v) is 18.5. The van der Waals surface area contributed by atoms with E-state index in [1.807, 2.05) is 44.2 Å². The molecule has 4 rings (SSSR count).